The Morgan fingerprint density at radius 3 is 2.85 bits per heavy atom. The van der Waals surface area contributed by atoms with Crippen LogP contribution in [-0.2, 0) is 4.79 Å². The molecule has 0 radical (unpaired) electrons. The van der Waals surface area contributed by atoms with Gasteiger partial charge in [-0.1, -0.05) is 0 Å². The van der Waals surface area contributed by atoms with Crippen molar-refractivity contribution in [3.8, 4) is 17.0 Å². The van der Waals surface area contributed by atoms with Crippen LogP contribution in [0.1, 0.15) is 30.9 Å². The predicted octanol–water partition coefficient (Wildman–Crippen LogP) is 3.16. The van der Waals surface area contributed by atoms with Gasteiger partial charge in [-0.05, 0) is 25.2 Å². The van der Waals surface area contributed by atoms with Crippen LogP contribution in [0.3, 0.4) is 0 Å². The van der Waals surface area contributed by atoms with Crippen LogP contribution in [0.25, 0.3) is 27.8 Å². The van der Waals surface area contributed by atoms with Crippen molar-refractivity contribution in [2.45, 2.75) is 31.5 Å². The molecule has 6 rings (SSSR count). The lowest BCUT2D eigenvalue weighted by Crippen LogP contribution is -2.15. The van der Waals surface area contributed by atoms with Crippen LogP contribution in [0.2, 0.25) is 0 Å². The van der Waals surface area contributed by atoms with Crippen molar-refractivity contribution in [2.24, 2.45) is 11.8 Å². The highest BCUT2D eigenvalue weighted by molar-refractivity contribution is 5.99. The van der Waals surface area contributed by atoms with E-state index in [2.05, 4.69) is 25.5 Å². The second-order valence-electron chi connectivity index (χ2n) is 8.59. The quantitative estimate of drug-likeness (QED) is 0.412. The number of carbonyl (C=O) groups is 1. The molecule has 3 atom stereocenters. The Kier molecular flexibility index (Phi) is 4.37. The third-order valence-electron chi connectivity index (χ3n) is 6.31. The molecule has 170 valence electrons. The van der Waals surface area contributed by atoms with Crippen LogP contribution < -0.4 is 10.1 Å². The zero-order valence-electron chi connectivity index (χ0n) is 17.5. The maximum Gasteiger partial charge on any atom is 0.231 e. The number of hydrogen-bond donors (Lipinski definition) is 3. The molecular weight excluding hydrogens is 434 g/mol. The molecule has 0 spiro atoms. The predicted molar refractivity (Wildman–Crippen MR) is 114 cm³/mol. The molecule has 2 aliphatic rings. The molecule has 11 heteroatoms. The second kappa shape index (κ2) is 7.20. The first-order chi connectivity index (χ1) is 16.0. The van der Waals surface area contributed by atoms with Gasteiger partial charge < -0.3 is 19.6 Å². The first-order valence-corrected chi connectivity index (χ1v) is 10.7. The molecule has 1 aromatic carbocycles. The van der Waals surface area contributed by atoms with Crippen LogP contribution >= 0.6 is 0 Å². The number of ether oxygens (including phenoxy) is 1. The van der Waals surface area contributed by atoms with Gasteiger partial charge in [-0.15, -0.1) is 0 Å². The number of nitrogens with one attached hydrogen (secondary N) is 2. The monoisotopic (exact) mass is 454 g/mol. The first kappa shape index (κ1) is 20.0. The van der Waals surface area contributed by atoms with Gasteiger partial charge in [0.15, 0.2) is 23.0 Å². The summed E-state index contributed by atoms with van der Waals surface area (Å²) in [5.74, 6) is -1.45. The topological polar surface area (TPSA) is 117 Å². The summed E-state index contributed by atoms with van der Waals surface area (Å²) in [6.07, 6.45) is 6.08. The smallest absolute Gasteiger partial charge is 0.231 e. The van der Waals surface area contributed by atoms with Gasteiger partial charge in [-0.25, -0.2) is 13.8 Å². The van der Waals surface area contributed by atoms with Gasteiger partial charge in [-0.3, -0.25) is 14.9 Å². The molecule has 1 amide bonds. The van der Waals surface area contributed by atoms with Crippen LogP contribution in [0, 0.1) is 17.7 Å². The molecule has 9 nitrogen and oxygen atoms in total. The largest absolute Gasteiger partial charge is 0.493 e. The number of hydrogen-bond acceptors (Lipinski definition) is 6. The molecule has 3 N–H and O–H groups in total. The molecule has 2 fully saturated rings. The fourth-order valence-corrected chi connectivity index (χ4v) is 4.26. The van der Waals surface area contributed by atoms with Crippen molar-refractivity contribution < 1.29 is 23.4 Å². The van der Waals surface area contributed by atoms with E-state index in [0.29, 0.717) is 27.8 Å². The third-order valence-corrected chi connectivity index (χ3v) is 6.31. The Labute approximate surface area is 185 Å². The van der Waals surface area contributed by atoms with E-state index < -0.39 is 29.9 Å². The summed E-state index contributed by atoms with van der Waals surface area (Å²) in [5, 5.41) is 20.7. The summed E-state index contributed by atoms with van der Waals surface area (Å²) in [5.41, 5.74) is 1.76. The van der Waals surface area contributed by atoms with Gasteiger partial charge >= 0.3 is 0 Å². The van der Waals surface area contributed by atoms with Crippen molar-refractivity contribution in [3.63, 3.8) is 0 Å². The number of methoxy groups -OCH3 is 1. The Balaban J connectivity index is 1.44. The van der Waals surface area contributed by atoms with Crippen molar-refractivity contribution in [1.82, 2.24) is 24.6 Å². The third kappa shape index (κ3) is 3.22. The van der Waals surface area contributed by atoms with E-state index in [-0.39, 0.29) is 29.5 Å². The van der Waals surface area contributed by atoms with Crippen LogP contribution in [0.15, 0.2) is 24.8 Å². The molecule has 0 saturated heterocycles. The Bertz CT molecular complexity index is 1410. The highest BCUT2D eigenvalue weighted by atomic mass is 19.1. The average Bonchev–Trinajstić information content (AvgIpc) is 3.68. The number of halogens is 2. The number of aromatic nitrogens is 5. The number of carbonyl (C=O) groups excluding carboxylic acids is 1. The molecule has 2 aliphatic carbocycles. The van der Waals surface area contributed by atoms with E-state index in [0.717, 1.165) is 12.8 Å². The van der Waals surface area contributed by atoms with Crippen molar-refractivity contribution in [3.05, 3.63) is 36.2 Å². The van der Waals surface area contributed by atoms with Gasteiger partial charge in [-0.2, -0.15) is 5.10 Å². The summed E-state index contributed by atoms with van der Waals surface area (Å²) < 4.78 is 35.8. The highest BCUT2D eigenvalue weighted by Gasteiger charge is 2.43. The van der Waals surface area contributed by atoms with E-state index in [1.807, 2.05) is 0 Å². The number of nitrogens with zero attached hydrogens (tertiary/aromatic N) is 4. The second-order valence-corrected chi connectivity index (χ2v) is 8.59. The SMILES string of the molecule is COc1c(F)c(C(O)C2CC2)c2[nH]ncc2c1-c1cn2cc(NC(=O)[C@@H]3C[C@@H]3F)nc2cn1. The normalized spacial score (nSPS) is 20.8. The summed E-state index contributed by atoms with van der Waals surface area (Å²) >= 11 is 0. The van der Waals surface area contributed by atoms with Gasteiger partial charge in [0, 0.05) is 17.1 Å². The van der Waals surface area contributed by atoms with Crippen molar-refractivity contribution in [2.75, 3.05) is 12.4 Å². The highest BCUT2D eigenvalue weighted by Crippen LogP contribution is 2.48. The number of anilines is 1. The maximum atomic E-state index is 15.6. The van der Waals surface area contributed by atoms with Gasteiger partial charge in [0.25, 0.3) is 0 Å². The molecule has 3 aromatic heterocycles. The number of imidazole rings is 1. The Hall–Kier alpha value is -3.60. The Morgan fingerprint density at radius 1 is 1.36 bits per heavy atom. The lowest BCUT2D eigenvalue weighted by Gasteiger charge is -2.18. The zero-order chi connectivity index (χ0) is 22.9. The summed E-state index contributed by atoms with van der Waals surface area (Å²) in [6.45, 7) is 0. The summed E-state index contributed by atoms with van der Waals surface area (Å²) in [7, 11) is 1.36. The lowest BCUT2D eigenvalue weighted by atomic mass is 9.96. The minimum Gasteiger partial charge on any atom is -0.493 e. The van der Waals surface area contributed by atoms with Gasteiger partial charge in [0.2, 0.25) is 5.91 Å². The van der Waals surface area contributed by atoms with Crippen LogP contribution in [0.4, 0.5) is 14.6 Å². The first-order valence-electron chi connectivity index (χ1n) is 10.7. The fraction of sp³-hybridized carbons (Fsp3) is 0.364. The molecule has 4 aromatic rings. The van der Waals surface area contributed by atoms with E-state index in [1.54, 1.807) is 23.0 Å². The number of alkyl halides is 1. The fourth-order valence-electron chi connectivity index (χ4n) is 4.26. The molecule has 1 unspecified atom stereocenters. The zero-order valence-corrected chi connectivity index (χ0v) is 17.5. The lowest BCUT2D eigenvalue weighted by molar-refractivity contribution is -0.117. The number of rotatable bonds is 6. The average molecular weight is 454 g/mol. The standard InChI is InChI=1S/C22H20F2N6O3/c1-33-21-16(11-5-26-29-19(11)17(18(21)24)20(31)9-2-3-9)13-7-30-8-14(27-15(30)6-25-13)28-22(32)10-4-12(10)23/h5-10,12,20,31H,2-4H2,1H3,(H,26,29)(H,28,32)/t10-,12+,20?/m1/s1. The number of benzene rings is 1. The molecular formula is C22H20F2N6O3. The van der Waals surface area contributed by atoms with E-state index in [1.165, 1.54) is 13.3 Å². The maximum absolute atomic E-state index is 15.6. The molecule has 0 aliphatic heterocycles. The summed E-state index contributed by atoms with van der Waals surface area (Å²) in [6, 6.07) is 0. The molecule has 33 heavy (non-hydrogen) atoms. The number of amides is 1. The number of fused-ring (bicyclic) bond motifs is 2. The number of H-pyrrole nitrogens is 1. The minimum atomic E-state index is -1.10. The van der Waals surface area contributed by atoms with Gasteiger partial charge in [0.1, 0.15) is 6.17 Å². The Morgan fingerprint density at radius 2 is 2.15 bits per heavy atom. The molecule has 2 saturated carbocycles. The number of aromatic amines is 1. The summed E-state index contributed by atoms with van der Waals surface area (Å²) in [4.78, 5) is 20.7. The minimum absolute atomic E-state index is 0.0129. The van der Waals surface area contributed by atoms with Crippen LogP contribution in [-0.4, -0.2) is 48.9 Å². The molecule has 0 bridgehead atoms. The number of aliphatic hydroxyl groups is 1. The van der Waals surface area contributed by atoms with E-state index >= 15 is 4.39 Å². The van der Waals surface area contributed by atoms with E-state index in [9.17, 15) is 14.3 Å². The van der Waals surface area contributed by atoms with Crippen LogP contribution in [0.5, 0.6) is 5.75 Å². The van der Waals surface area contributed by atoms with E-state index in [4.69, 9.17) is 4.74 Å². The number of aliphatic hydroxyl groups excluding tert-OH is 1. The molecule has 3 heterocycles. The van der Waals surface area contributed by atoms with Gasteiger partial charge in [0.05, 0.1) is 54.5 Å². The van der Waals surface area contributed by atoms with Crippen molar-refractivity contribution in [1.29, 1.82) is 0 Å². The van der Waals surface area contributed by atoms with Crippen molar-refractivity contribution >= 4 is 28.3 Å².